The van der Waals surface area contributed by atoms with Crippen molar-refractivity contribution in [1.82, 2.24) is 0 Å². The van der Waals surface area contributed by atoms with Gasteiger partial charge >= 0.3 is 0 Å². The van der Waals surface area contributed by atoms with Crippen LogP contribution in [-0.4, -0.2) is 0 Å². The first-order valence-electron chi connectivity index (χ1n) is 6.84. The molecule has 0 amide bonds. The lowest BCUT2D eigenvalue weighted by Gasteiger charge is -2.05. The molecule has 0 spiro atoms. The van der Waals surface area contributed by atoms with Gasteiger partial charge in [0.15, 0.2) is 0 Å². The fourth-order valence-corrected chi connectivity index (χ4v) is 2.08. The first-order valence-corrected chi connectivity index (χ1v) is 6.84. The molecule has 0 saturated carbocycles. The van der Waals surface area contributed by atoms with Crippen LogP contribution in [0.4, 0.5) is 0 Å². The quantitative estimate of drug-likeness (QED) is 0.376. The normalized spacial score (nSPS) is 17.0. The Balaban J connectivity index is 2.04. The third kappa shape index (κ3) is 5.95. The van der Waals surface area contributed by atoms with E-state index < -0.39 is 0 Å². The van der Waals surface area contributed by atoms with E-state index in [1.165, 1.54) is 32.1 Å². The summed E-state index contributed by atoms with van der Waals surface area (Å²) in [7, 11) is 0. The summed E-state index contributed by atoms with van der Waals surface area (Å²) in [5, 5.41) is 0. The summed E-state index contributed by atoms with van der Waals surface area (Å²) in [6, 6.07) is 0. The van der Waals surface area contributed by atoms with Crippen LogP contribution in [0, 0.1) is 5.92 Å². The van der Waals surface area contributed by atoms with Crippen LogP contribution in [-0.2, 0) is 0 Å². The lowest BCUT2D eigenvalue weighted by atomic mass is 10.0. The number of rotatable bonds is 8. The fraction of sp³-hybridized carbons (Fsp3) is 0.625. The lowest BCUT2D eigenvalue weighted by molar-refractivity contribution is 0.560. The average Bonchev–Trinajstić information content (AvgIpc) is 2.77. The molecule has 0 heteroatoms. The highest BCUT2D eigenvalue weighted by molar-refractivity contribution is 5.24. The van der Waals surface area contributed by atoms with Crippen molar-refractivity contribution in [3.63, 3.8) is 0 Å². The van der Waals surface area contributed by atoms with E-state index in [9.17, 15) is 0 Å². The molecule has 1 rings (SSSR count). The summed E-state index contributed by atoms with van der Waals surface area (Å²) in [6.45, 7) is 4.61. The van der Waals surface area contributed by atoms with Gasteiger partial charge in [0, 0.05) is 0 Å². The van der Waals surface area contributed by atoms with Crippen molar-refractivity contribution in [2.24, 2.45) is 5.92 Å². The predicted octanol–water partition coefficient (Wildman–Crippen LogP) is 5.43. The SMILES string of the molecule is CCCCCCC(C)/C=C\CC1=CC=CC1. The van der Waals surface area contributed by atoms with Gasteiger partial charge in [-0.25, -0.2) is 0 Å². The van der Waals surface area contributed by atoms with Crippen LogP contribution in [0.5, 0.6) is 0 Å². The van der Waals surface area contributed by atoms with E-state index in [1.54, 1.807) is 5.57 Å². The maximum absolute atomic E-state index is 2.39. The van der Waals surface area contributed by atoms with Gasteiger partial charge in [0.25, 0.3) is 0 Å². The van der Waals surface area contributed by atoms with Crippen molar-refractivity contribution in [3.8, 4) is 0 Å². The summed E-state index contributed by atoms with van der Waals surface area (Å²) in [4.78, 5) is 0. The molecule has 0 heterocycles. The molecule has 90 valence electrons. The largest absolute Gasteiger partial charge is 0.0854 e. The van der Waals surface area contributed by atoms with Gasteiger partial charge in [0.1, 0.15) is 0 Å². The second-order valence-corrected chi connectivity index (χ2v) is 4.92. The van der Waals surface area contributed by atoms with E-state index in [1.807, 2.05) is 0 Å². The van der Waals surface area contributed by atoms with Gasteiger partial charge in [-0.2, -0.15) is 0 Å². The molecule has 0 bridgehead atoms. The zero-order valence-corrected chi connectivity index (χ0v) is 10.9. The van der Waals surface area contributed by atoms with E-state index in [0.29, 0.717) is 0 Å². The van der Waals surface area contributed by atoms with E-state index in [4.69, 9.17) is 0 Å². The van der Waals surface area contributed by atoms with Crippen molar-refractivity contribution in [2.45, 2.75) is 58.8 Å². The molecule has 16 heavy (non-hydrogen) atoms. The molecular weight excluding hydrogens is 192 g/mol. The van der Waals surface area contributed by atoms with E-state index in [-0.39, 0.29) is 0 Å². The molecule has 0 aliphatic heterocycles. The smallest absolute Gasteiger partial charge is 0.0129 e. The van der Waals surface area contributed by atoms with Gasteiger partial charge in [-0.15, -0.1) is 0 Å². The second kappa shape index (κ2) is 8.38. The highest BCUT2D eigenvalue weighted by Crippen LogP contribution is 2.16. The third-order valence-electron chi connectivity index (χ3n) is 3.21. The Bertz CT molecular complexity index is 255. The molecule has 1 aliphatic carbocycles. The Labute approximate surface area is 101 Å². The number of hydrogen-bond acceptors (Lipinski definition) is 0. The monoisotopic (exact) mass is 218 g/mol. The number of unbranched alkanes of at least 4 members (excludes halogenated alkanes) is 3. The zero-order chi connectivity index (χ0) is 11.6. The Morgan fingerprint density at radius 3 is 2.88 bits per heavy atom. The van der Waals surface area contributed by atoms with E-state index >= 15 is 0 Å². The molecule has 0 nitrogen and oxygen atoms in total. The molecule has 1 aliphatic rings. The summed E-state index contributed by atoms with van der Waals surface area (Å²) in [5.74, 6) is 0.756. The van der Waals surface area contributed by atoms with Crippen molar-refractivity contribution in [1.29, 1.82) is 0 Å². The molecule has 0 radical (unpaired) electrons. The van der Waals surface area contributed by atoms with Crippen LogP contribution in [0.3, 0.4) is 0 Å². The fourth-order valence-electron chi connectivity index (χ4n) is 2.08. The maximum Gasteiger partial charge on any atom is -0.0129 e. The van der Waals surface area contributed by atoms with Crippen molar-refractivity contribution in [2.75, 3.05) is 0 Å². The molecule has 1 unspecified atom stereocenters. The summed E-state index contributed by atoms with van der Waals surface area (Å²) in [5.41, 5.74) is 1.55. The molecule has 0 saturated heterocycles. The van der Waals surface area contributed by atoms with E-state index in [2.05, 4.69) is 44.2 Å². The first kappa shape index (κ1) is 13.3. The molecule has 1 atom stereocenters. The van der Waals surface area contributed by atoms with Gasteiger partial charge < -0.3 is 0 Å². The Kier molecular flexibility index (Phi) is 6.96. The molecule has 0 aromatic heterocycles. The number of hydrogen-bond donors (Lipinski definition) is 0. The Morgan fingerprint density at radius 1 is 1.31 bits per heavy atom. The van der Waals surface area contributed by atoms with Gasteiger partial charge in [-0.05, 0) is 25.2 Å². The van der Waals surface area contributed by atoms with Gasteiger partial charge in [0.05, 0.1) is 0 Å². The Hall–Kier alpha value is -0.780. The third-order valence-corrected chi connectivity index (χ3v) is 3.21. The highest BCUT2D eigenvalue weighted by atomic mass is 14.0. The topological polar surface area (TPSA) is 0 Å². The summed E-state index contributed by atoms with van der Waals surface area (Å²) < 4.78 is 0. The van der Waals surface area contributed by atoms with Crippen LogP contribution < -0.4 is 0 Å². The molecule has 0 fully saturated rings. The van der Waals surface area contributed by atoms with Gasteiger partial charge in [-0.1, -0.05) is 75.5 Å². The molecular formula is C16H26. The minimum absolute atomic E-state index is 0.756. The standard InChI is InChI=1S/C16H26/c1-3-4-5-6-10-15(2)11-9-14-16-12-7-8-13-16/h7-9,11-12,15H,3-6,10,13-14H2,1-2H3/b11-9-. The molecule has 0 aromatic carbocycles. The number of allylic oxidation sites excluding steroid dienone is 6. The van der Waals surface area contributed by atoms with Crippen molar-refractivity contribution < 1.29 is 0 Å². The van der Waals surface area contributed by atoms with Crippen molar-refractivity contribution in [3.05, 3.63) is 36.0 Å². The molecule has 0 aromatic rings. The van der Waals surface area contributed by atoms with Crippen LogP contribution >= 0.6 is 0 Å². The lowest BCUT2D eigenvalue weighted by Crippen LogP contribution is -1.89. The first-order chi connectivity index (χ1) is 7.83. The van der Waals surface area contributed by atoms with Crippen LogP contribution in [0.1, 0.15) is 58.8 Å². The van der Waals surface area contributed by atoms with Crippen molar-refractivity contribution >= 4 is 0 Å². The Morgan fingerprint density at radius 2 is 2.19 bits per heavy atom. The maximum atomic E-state index is 2.39. The highest BCUT2D eigenvalue weighted by Gasteiger charge is 1.98. The van der Waals surface area contributed by atoms with Gasteiger partial charge in [0.2, 0.25) is 0 Å². The summed E-state index contributed by atoms with van der Waals surface area (Å²) in [6.07, 6.45) is 20.6. The predicted molar refractivity (Wildman–Crippen MR) is 73.5 cm³/mol. The summed E-state index contributed by atoms with van der Waals surface area (Å²) >= 11 is 0. The second-order valence-electron chi connectivity index (χ2n) is 4.92. The van der Waals surface area contributed by atoms with Crippen LogP contribution in [0.2, 0.25) is 0 Å². The van der Waals surface area contributed by atoms with E-state index in [0.717, 1.165) is 18.8 Å². The zero-order valence-electron chi connectivity index (χ0n) is 10.9. The van der Waals surface area contributed by atoms with Crippen LogP contribution in [0.25, 0.3) is 0 Å². The average molecular weight is 218 g/mol. The van der Waals surface area contributed by atoms with Crippen LogP contribution in [0.15, 0.2) is 36.0 Å². The minimum Gasteiger partial charge on any atom is -0.0854 e. The minimum atomic E-state index is 0.756. The molecule has 0 N–H and O–H groups in total. The van der Waals surface area contributed by atoms with Gasteiger partial charge in [-0.3, -0.25) is 0 Å².